The van der Waals surface area contributed by atoms with Gasteiger partial charge in [0.1, 0.15) is 26.4 Å². The molecule has 378 valence electrons. The molecule has 0 saturated carbocycles. The Kier molecular flexibility index (Phi) is 17.5. The van der Waals surface area contributed by atoms with E-state index in [0.717, 1.165) is 89.4 Å². The zero-order valence-corrected chi connectivity index (χ0v) is 44.7. The molecule has 0 atom stereocenters. The first-order valence-corrected chi connectivity index (χ1v) is 25.2. The van der Waals surface area contributed by atoms with Crippen LogP contribution in [0.2, 0.25) is 0 Å². The molecule has 15 heteroatoms. The van der Waals surface area contributed by atoms with Crippen molar-refractivity contribution in [3.05, 3.63) is 144 Å². The number of ether oxygens (including phenoxy) is 10. The van der Waals surface area contributed by atoms with E-state index in [4.69, 9.17) is 67.3 Å². The third-order valence-corrected chi connectivity index (χ3v) is 12.6. The van der Waals surface area contributed by atoms with Gasteiger partial charge in [0.2, 0.25) is 0 Å². The fourth-order valence-corrected chi connectivity index (χ4v) is 9.20. The van der Waals surface area contributed by atoms with Gasteiger partial charge in [0.05, 0.1) is 102 Å². The van der Waals surface area contributed by atoms with E-state index in [1.54, 1.807) is 0 Å². The number of nitrogens with zero attached hydrogens (tertiary/aromatic N) is 4. The zero-order chi connectivity index (χ0) is 49.7. The molecule has 4 aliphatic rings. The number of hydrogen-bond acceptors (Lipinski definition) is 12. The Morgan fingerprint density at radius 1 is 0.280 bits per heavy atom. The molecular weight excluding hydrogens is 1000 g/mol. The summed E-state index contributed by atoms with van der Waals surface area (Å²) in [6.07, 6.45) is 8.22. The summed E-state index contributed by atoms with van der Waals surface area (Å²) in [7, 11) is 0. The molecule has 7 aromatic rings. The summed E-state index contributed by atoms with van der Waals surface area (Å²) in [5.74, 6) is 2.33. The van der Waals surface area contributed by atoms with E-state index in [1.807, 2.05) is 72.8 Å². The minimum absolute atomic E-state index is 0. The molecule has 0 N–H and O–H groups in total. The van der Waals surface area contributed by atoms with E-state index in [1.165, 1.54) is 0 Å². The third-order valence-electron chi connectivity index (χ3n) is 12.6. The van der Waals surface area contributed by atoms with Crippen LogP contribution in [0.4, 0.5) is 0 Å². The Balaban J connectivity index is 0.00000641. The van der Waals surface area contributed by atoms with Crippen LogP contribution in [0.3, 0.4) is 0 Å². The van der Waals surface area contributed by atoms with Crippen LogP contribution >= 0.6 is 0 Å². The molecule has 0 saturated heterocycles. The van der Waals surface area contributed by atoms with Gasteiger partial charge in [-0.15, -0.1) is 22.1 Å². The fourth-order valence-electron chi connectivity index (χ4n) is 9.20. The van der Waals surface area contributed by atoms with Crippen molar-refractivity contribution in [1.29, 1.82) is 0 Å². The normalized spacial score (nSPS) is 16.1. The van der Waals surface area contributed by atoms with Crippen molar-refractivity contribution in [2.24, 2.45) is 0 Å². The van der Waals surface area contributed by atoms with Gasteiger partial charge < -0.3 is 57.3 Å². The summed E-state index contributed by atoms with van der Waals surface area (Å²) in [6, 6.07) is 40.7. The largest absolute Gasteiger partial charge is 2.00 e. The molecular formula is C60H56N4O10Zn. The van der Waals surface area contributed by atoms with E-state index in [2.05, 4.69) is 72.8 Å². The van der Waals surface area contributed by atoms with Crippen LogP contribution < -0.4 is 28.9 Å². The summed E-state index contributed by atoms with van der Waals surface area (Å²) < 4.78 is 59.7. The molecule has 75 heavy (non-hydrogen) atoms. The van der Waals surface area contributed by atoms with Crippen molar-refractivity contribution < 1.29 is 66.8 Å². The second kappa shape index (κ2) is 25.5. The van der Waals surface area contributed by atoms with Crippen molar-refractivity contribution in [3.8, 4) is 67.5 Å². The third kappa shape index (κ3) is 12.4. The Labute approximate surface area is 448 Å². The van der Waals surface area contributed by atoms with E-state index in [9.17, 15) is 0 Å². The first-order valence-electron chi connectivity index (χ1n) is 25.2. The maximum atomic E-state index is 6.41. The van der Waals surface area contributed by atoms with Gasteiger partial charge >= 0.3 is 19.5 Å². The molecule has 3 aromatic heterocycles. The SMILES string of the molecule is C1=Cc2nc1c(-c1ccccc1)c1ccc([n-]1)c(-c1ccc3c(c1)OCCOCCOCCOCCO3)c1nc(c(-c3ccccc3)c3ccc([n-]3)c2-c2ccc3c(c2)OCCOCCOCCOCCO3)C=C1.[Zn+2]. The van der Waals surface area contributed by atoms with Gasteiger partial charge in [0, 0.05) is 0 Å². The minimum Gasteiger partial charge on any atom is -0.657 e. The number of hydrogen-bond donors (Lipinski definition) is 0. The quantitative estimate of drug-likeness (QED) is 0.154. The van der Waals surface area contributed by atoms with Crippen LogP contribution in [-0.4, -0.2) is 116 Å². The maximum Gasteiger partial charge on any atom is 2.00 e. The molecule has 0 aliphatic carbocycles. The van der Waals surface area contributed by atoms with Gasteiger partial charge in [-0.25, -0.2) is 9.97 Å². The van der Waals surface area contributed by atoms with Crippen molar-refractivity contribution in [2.45, 2.75) is 0 Å². The molecule has 11 rings (SSSR count). The average molecular weight is 1060 g/mol. The zero-order valence-electron chi connectivity index (χ0n) is 41.7. The second-order valence-corrected chi connectivity index (χ2v) is 17.5. The predicted molar refractivity (Wildman–Crippen MR) is 285 cm³/mol. The Bertz CT molecular complexity index is 3070. The summed E-state index contributed by atoms with van der Waals surface area (Å²) in [5, 5.41) is 0. The molecule has 0 radical (unpaired) electrons. The number of aromatic nitrogens is 4. The summed E-state index contributed by atoms with van der Waals surface area (Å²) >= 11 is 0. The van der Waals surface area contributed by atoms with Crippen molar-refractivity contribution >= 4 is 46.4 Å². The van der Waals surface area contributed by atoms with Crippen LogP contribution in [-0.2, 0) is 47.9 Å². The average Bonchev–Trinajstić information content (AvgIpc) is 4.30. The smallest absolute Gasteiger partial charge is 0.657 e. The predicted octanol–water partition coefficient (Wildman–Crippen LogP) is 10.2. The van der Waals surface area contributed by atoms with Gasteiger partial charge in [-0.05, 0) is 93.1 Å². The summed E-state index contributed by atoms with van der Waals surface area (Å²) in [6.45, 7) is 6.67. The monoisotopic (exact) mass is 1060 g/mol. The van der Waals surface area contributed by atoms with Gasteiger partial charge in [0.25, 0.3) is 0 Å². The summed E-state index contributed by atoms with van der Waals surface area (Å²) in [5.41, 5.74) is 12.9. The number of rotatable bonds is 4. The van der Waals surface area contributed by atoms with Crippen molar-refractivity contribution in [3.63, 3.8) is 0 Å². The van der Waals surface area contributed by atoms with Gasteiger partial charge in [-0.2, -0.15) is 0 Å². The van der Waals surface area contributed by atoms with Crippen LogP contribution in [0.1, 0.15) is 22.8 Å². The topological polar surface area (TPSA) is 146 Å². The Morgan fingerprint density at radius 3 is 0.880 bits per heavy atom. The van der Waals surface area contributed by atoms with Crippen molar-refractivity contribution in [2.75, 3.05) is 106 Å². The van der Waals surface area contributed by atoms with E-state index >= 15 is 0 Å². The van der Waals surface area contributed by atoms with Crippen LogP contribution in [0.5, 0.6) is 23.0 Å². The molecule has 0 unspecified atom stereocenters. The second-order valence-electron chi connectivity index (χ2n) is 17.5. The summed E-state index contributed by atoms with van der Waals surface area (Å²) in [4.78, 5) is 21.9. The molecule has 0 fully saturated rings. The molecule has 0 amide bonds. The van der Waals surface area contributed by atoms with Gasteiger partial charge in [-0.3, -0.25) is 0 Å². The van der Waals surface area contributed by atoms with E-state index < -0.39 is 0 Å². The Morgan fingerprint density at radius 2 is 0.560 bits per heavy atom. The maximum absolute atomic E-state index is 6.41. The number of fused-ring (bicyclic) bond motifs is 10. The molecule has 0 spiro atoms. The number of benzene rings is 4. The molecule has 4 aromatic carbocycles. The van der Waals surface area contributed by atoms with E-state index in [0.29, 0.717) is 129 Å². The molecule has 14 nitrogen and oxygen atoms in total. The van der Waals surface area contributed by atoms with Crippen LogP contribution in [0, 0.1) is 0 Å². The van der Waals surface area contributed by atoms with E-state index in [-0.39, 0.29) is 19.5 Å². The van der Waals surface area contributed by atoms with Crippen LogP contribution in [0.25, 0.3) is 90.9 Å². The first-order chi connectivity index (χ1) is 36.7. The minimum atomic E-state index is 0. The van der Waals surface area contributed by atoms with Gasteiger partial charge in [-0.1, -0.05) is 97.1 Å². The fraction of sp³-hybridized carbons (Fsp3) is 0.267. The Hall–Kier alpha value is -6.94. The molecule has 8 bridgehead atoms. The standard InChI is InChI=1S/C60H56N4O10.Zn/c1-3-7-41(8-4-1)57-45-13-17-49(61-45)59(43-11-21-53-55(39-43)73-37-33-69-29-25-65-23-27-67-31-35-71-53)51-19-15-47(63-51)58(42-9-5-2-6-10-42)48-16-20-52(64-48)60(50-18-14-46(57)62-50)44-12-22-54-56(40-44)74-38-34-70-30-26-66-24-28-68-32-36-72-54;/h1-22,39-40H,23-38H2;/q-2;+2. The van der Waals surface area contributed by atoms with Crippen LogP contribution in [0.15, 0.2) is 121 Å². The van der Waals surface area contributed by atoms with Crippen molar-refractivity contribution in [1.82, 2.24) is 19.9 Å². The first kappa shape index (κ1) is 51.5. The molecule has 7 heterocycles. The van der Waals surface area contributed by atoms with Gasteiger partial charge in [0.15, 0.2) is 23.0 Å². The molecule has 4 aliphatic heterocycles.